The first kappa shape index (κ1) is 16.6. The van der Waals surface area contributed by atoms with Crippen molar-refractivity contribution in [1.29, 1.82) is 0 Å². The predicted molar refractivity (Wildman–Crippen MR) is 85.7 cm³/mol. The average molecular weight is 332 g/mol. The van der Waals surface area contributed by atoms with Crippen molar-refractivity contribution < 1.29 is 13.9 Å². The maximum atomic E-state index is 13.8. The Hall–Kier alpha value is -2.28. The molecule has 1 aromatic carbocycles. The van der Waals surface area contributed by atoms with E-state index in [0.29, 0.717) is 31.7 Å². The molecule has 128 valence electrons. The normalized spacial score (nSPS) is 17.5. The molecule has 7 heteroatoms. The van der Waals surface area contributed by atoms with E-state index in [1.165, 1.54) is 6.07 Å². The molecule has 3 rings (SSSR count). The Morgan fingerprint density at radius 1 is 1.33 bits per heavy atom. The van der Waals surface area contributed by atoms with Crippen LogP contribution in [0.4, 0.5) is 4.39 Å². The van der Waals surface area contributed by atoms with Crippen LogP contribution in [0.3, 0.4) is 0 Å². The molecule has 1 aliphatic rings. The maximum Gasteiger partial charge on any atom is 0.227 e. The van der Waals surface area contributed by atoms with Crippen molar-refractivity contribution in [2.24, 2.45) is 0 Å². The van der Waals surface area contributed by atoms with Gasteiger partial charge >= 0.3 is 0 Å². The van der Waals surface area contributed by atoms with Gasteiger partial charge in [0.15, 0.2) is 5.82 Å². The number of benzene rings is 1. The standard InChI is InChI=1S/C17H21FN4O2/c1-12-9-15-19-20-16(11-24-2)22(15)8-7-21(12)17(23)10-13-5-3-4-6-14(13)18/h3-6,12H,7-11H2,1-2H3/t12-/m0/s1. The van der Waals surface area contributed by atoms with Crippen molar-refractivity contribution in [1.82, 2.24) is 19.7 Å². The minimum Gasteiger partial charge on any atom is -0.377 e. The summed E-state index contributed by atoms with van der Waals surface area (Å²) in [5.74, 6) is 1.21. The van der Waals surface area contributed by atoms with Crippen LogP contribution in [0, 0.1) is 5.82 Å². The third-order valence-corrected chi connectivity index (χ3v) is 4.37. The Labute approximate surface area is 140 Å². The van der Waals surface area contributed by atoms with E-state index in [0.717, 1.165) is 11.6 Å². The smallest absolute Gasteiger partial charge is 0.227 e. The van der Waals surface area contributed by atoms with Crippen LogP contribution in [0.25, 0.3) is 0 Å². The molecule has 0 aliphatic carbocycles. The number of carbonyl (C=O) groups is 1. The van der Waals surface area contributed by atoms with E-state index in [2.05, 4.69) is 10.2 Å². The summed E-state index contributed by atoms with van der Waals surface area (Å²) >= 11 is 0. The minimum atomic E-state index is -0.340. The summed E-state index contributed by atoms with van der Waals surface area (Å²) < 4.78 is 20.9. The summed E-state index contributed by atoms with van der Waals surface area (Å²) in [7, 11) is 1.62. The highest BCUT2D eigenvalue weighted by atomic mass is 19.1. The van der Waals surface area contributed by atoms with Crippen molar-refractivity contribution in [3.8, 4) is 0 Å². The summed E-state index contributed by atoms with van der Waals surface area (Å²) in [6, 6.07) is 6.40. The number of hydrogen-bond donors (Lipinski definition) is 0. The van der Waals surface area contributed by atoms with Crippen LogP contribution in [-0.2, 0) is 35.5 Å². The quantitative estimate of drug-likeness (QED) is 0.853. The number of aromatic nitrogens is 3. The molecule has 0 saturated heterocycles. The summed E-state index contributed by atoms with van der Waals surface area (Å²) in [6.45, 7) is 3.55. The van der Waals surface area contributed by atoms with E-state index in [4.69, 9.17) is 4.74 Å². The molecular weight excluding hydrogens is 311 g/mol. The van der Waals surface area contributed by atoms with Crippen molar-refractivity contribution in [2.75, 3.05) is 13.7 Å². The van der Waals surface area contributed by atoms with Gasteiger partial charge in [-0.1, -0.05) is 18.2 Å². The van der Waals surface area contributed by atoms with E-state index in [-0.39, 0.29) is 24.2 Å². The largest absolute Gasteiger partial charge is 0.377 e. The van der Waals surface area contributed by atoms with Crippen molar-refractivity contribution in [3.63, 3.8) is 0 Å². The van der Waals surface area contributed by atoms with Gasteiger partial charge in [-0.05, 0) is 18.6 Å². The van der Waals surface area contributed by atoms with Gasteiger partial charge in [0.25, 0.3) is 0 Å². The van der Waals surface area contributed by atoms with Crippen LogP contribution in [0.15, 0.2) is 24.3 Å². The summed E-state index contributed by atoms with van der Waals surface area (Å²) in [5.41, 5.74) is 0.429. The Morgan fingerprint density at radius 2 is 2.12 bits per heavy atom. The third kappa shape index (κ3) is 3.31. The van der Waals surface area contributed by atoms with Gasteiger partial charge < -0.3 is 14.2 Å². The molecule has 6 nitrogen and oxygen atoms in total. The van der Waals surface area contributed by atoms with Crippen LogP contribution < -0.4 is 0 Å². The molecule has 0 radical (unpaired) electrons. The monoisotopic (exact) mass is 332 g/mol. The second-order valence-corrected chi connectivity index (χ2v) is 6.03. The Balaban J connectivity index is 1.74. The number of hydrogen-bond acceptors (Lipinski definition) is 4. The molecule has 0 fully saturated rings. The van der Waals surface area contributed by atoms with Gasteiger partial charge in [-0.2, -0.15) is 0 Å². The first-order valence-corrected chi connectivity index (χ1v) is 8.03. The Morgan fingerprint density at radius 3 is 2.88 bits per heavy atom. The molecule has 1 atom stereocenters. The fourth-order valence-electron chi connectivity index (χ4n) is 3.10. The average Bonchev–Trinajstić information content (AvgIpc) is 2.83. The number of amides is 1. The highest BCUT2D eigenvalue weighted by Crippen LogP contribution is 2.17. The number of rotatable bonds is 4. The molecule has 0 spiro atoms. The summed E-state index contributed by atoms with van der Waals surface area (Å²) in [5, 5.41) is 8.36. The van der Waals surface area contributed by atoms with Gasteiger partial charge in [0, 0.05) is 32.7 Å². The van der Waals surface area contributed by atoms with Crippen LogP contribution >= 0.6 is 0 Å². The number of fused-ring (bicyclic) bond motifs is 1. The van der Waals surface area contributed by atoms with Crippen LogP contribution in [0.2, 0.25) is 0 Å². The number of halogens is 1. The molecule has 2 heterocycles. The second-order valence-electron chi connectivity index (χ2n) is 6.03. The van der Waals surface area contributed by atoms with E-state index in [9.17, 15) is 9.18 Å². The molecule has 24 heavy (non-hydrogen) atoms. The molecule has 1 aliphatic heterocycles. The molecule has 0 unspecified atom stereocenters. The topological polar surface area (TPSA) is 60.3 Å². The lowest BCUT2D eigenvalue weighted by atomic mass is 10.1. The highest BCUT2D eigenvalue weighted by molar-refractivity contribution is 5.79. The molecule has 1 amide bonds. The third-order valence-electron chi connectivity index (χ3n) is 4.37. The zero-order valence-corrected chi connectivity index (χ0v) is 13.9. The van der Waals surface area contributed by atoms with Crippen LogP contribution in [0.1, 0.15) is 24.1 Å². The van der Waals surface area contributed by atoms with E-state index in [1.807, 2.05) is 11.5 Å². The zero-order valence-electron chi connectivity index (χ0n) is 13.9. The van der Waals surface area contributed by atoms with E-state index < -0.39 is 0 Å². The van der Waals surface area contributed by atoms with Gasteiger partial charge in [-0.25, -0.2) is 4.39 Å². The minimum absolute atomic E-state index is 0.00915. The molecule has 2 aromatic rings. The van der Waals surface area contributed by atoms with Gasteiger partial charge in [0.1, 0.15) is 18.2 Å². The number of nitrogens with zero attached hydrogens (tertiary/aromatic N) is 4. The Kier molecular flexibility index (Phi) is 4.89. The van der Waals surface area contributed by atoms with E-state index >= 15 is 0 Å². The fourth-order valence-corrected chi connectivity index (χ4v) is 3.10. The molecule has 0 N–H and O–H groups in total. The Bertz CT molecular complexity index is 731. The van der Waals surface area contributed by atoms with Crippen LogP contribution in [-0.4, -0.2) is 45.3 Å². The molecule has 0 saturated carbocycles. The number of ether oxygens (including phenoxy) is 1. The lowest BCUT2D eigenvalue weighted by molar-refractivity contribution is -0.132. The highest BCUT2D eigenvalue weighted by Gasteiger charge is 2.27. The predicted octanol–water partition coefficient (Wildman–Crippen LogP) is 1.58. The zero-order chi connectivity index (χ0) is 17.1. The SMILES string of the molecule is COCc1nnc2n1CCN(C(=O)Cc1ccccc1F)[C@@H](C)C2. The number of carbonyl (C=O) groups excluding carboxylic acids is 1. The van der Waals surface area contributed by atoms with E-state index in [1.54, 1.807) is 30.2 Å². The lowest BCUT2D eigenvalue weighted by Gasteiger charge is -2.27. The second kappa shape index (κ2) is 7.09. The summed E-state index contributed by atoms with van der Waals surface area (Å²) in [4.78, 5) is 14.5. The first-order chi connectivity index (χ1) is 11.6. The van der Waals surface area contributed by atoms with Gasteiger partial charge in [-0.3, -0.25) is 4.79 Å². The molecule has 1 aromatic heterocycles. The van der Waals surface area contributed by atoms with Crippen molar-refractivity contribution >= 4 is 5.91 Å². The van der Waals surface area contributed by atoms with Gasteiger partial charge in [0.2, 0.25) is 5.91 Å². The van der Waals surface area contributed by atoms with Gasteiger partial charge in [-0.15, -0.1) is 10.2 Å². The summed E-state index contributed by atoms with van der Waals surface area (Å²) in [6.07, 6.45) is 0.697. The van der Waals surface area contributed by atoms with Gasteiger partial charge in [0.05, 0.1) is 6.42 Å². The van der Waals surface area contributed by atoms with Crippen molar-refractivity contribution in [3.05, 3.63) is 47.3 Å². The first-order valence-electron chi connectivity index (χ1n) is 8.03. The van der Waals surface area contributed by atoms with Crippen LogP contribution in [0.5, 0.6) is 0 Å². The lowest BCUT2D eigenvalue weighted by Crippen LogP contribution is -2.41. The van der Waals surface area contributed by atoms with Crippen molar-refractivity contribution in [2.45, 2.75) is 39.0 Å². The fraction of sp³-hybridized carbons (Fsp3) is 0.471. The number of methoxy groups -OCH3 is 1. The molecular formula is C17H21FN4O2. The maximum absolute atomic E-state index is 13.8. The molecule has 0 bridgehead atoms.